The van der Waals surface area contributed by atoms with Gasteiger partial charge in [0.1, 0.15) is 22.5 Å². The number of anilines is 2. The van der Waals surface area contributed by atoms with Crippen LogP contribution in [0.25, 0.3) is 11.4 Å². The lowest BCUT2D eigenvalue weighted by atomic mass is 10.1. The molecular weight excluding hydrogens is 442 g/mol. The molecule has 1 N–H and O–H groups in total. The molecule has 10 nitrogen and oxygen atoms in total. The molecule has 3 aromatic rings. The van der Waals surface area contributed by atoms with Gasteiger partial charge in [0.05, 0.1) is 19.8 Å². The van der Waals surface area contributed by atoms with Gasteiger partial charge in [0.25, 0.3) is 0 Å². The van der Waals surface area contributed by atoms with E-state index in [9.17, 15) is 14.4 Å². The maximum atomic E-state index is 12.8. The van der Waals surface area contributed by atoms with E-state index in [1.54, 1.807) is 20.8 Å². The number of hydrogen-bond donors (Lipinski definition) is 1. The second-order valence-electron chi connectivity index (χ2n) is 6.85. The first-order chi connectivity index (χ1) is 16.4. The number of carbonyl (C=O) groups excluding carboxylic acids is 3. The minimum atomic E-state index is -0.792. The number of aromatic nitrogens is 2. The first kappa shape index (κ1) is 24.4. The zero-order valence-electron chi connectivity index (χ0n) is 19.3. The van der Waals surface area contributed by atoms with Gasteiger partial charge in [0, 0.05) is 11.8 Å². The molecule has 0 atom stereocenters. The minimum Gasteiger partial charge on any atom is -0.462 e. The SMILES string of the molecule is CCOC(=O)c1cnc(-c2ccccc2)nc1Nc1oc(C)c(C(=O)OCC)c1C(=O)OCC. The quantitative estimate of drug-likeness (QED) is 0.359. The molecule has 3 rings (SSSR count). The number of furan rings is 1. The number of nitrogens with one attached hydrogen (secondary N) is 1. The van der Waals surface area contributed by atoms with Crippen LogP contribution in [0.5, 0.6) is 0 Å². The number of carbonyl (C=O) groups is 3. The van der Waals surface area contributed by atoms with Gasteiger partial charge >= 0.3 is 17.9 Å². The molecule has 178 valence electrons. The largest absolute Gasteiger partial charge is 0.462 e. The Kier molecular flexibility index (Phi) is 7.96. The second-order valence-corrected chi connectivity index (χ2v) is 6.85. The zero-order valence-corrected chi connectivity index (χ0v) is 19.3. The molecule has 0 saturated carbocycles. The summed E-state index contributed by atoms with van der Waals surface area (Å²) in [5.41, 5.74) is 0.489. The smallest absolute Gasteiger partial charge is 0.344 e. The van der Waals surface area contributed by atoms with E-state index in [2.05, 4.69) is 15.3 Å². The van der Waals surface area contributed by atoms with E-state index in [0.29, 0.717) is 11.4 Å². The standard InChI is InChI=1S/C24H25N3O7/c1-5-31-22(28)16-13-25-19(15-11-9-8-10-12-15)26-20(16)27-21-18(24(30)33-7-3)17(14(4)34-21)23(29)32-6-2/h8-13H,5-7H2,1-4H3,(H,25,26,27). The van der Waals surface area contributed by atoms with Crippen LogP contribution in [0.2, 0.25) is 0 Å². The molecule has 0 amide bonds. The molecule has 34 heavy (non-hydrogen) atoms. The van der Waals surface area contributed by atoms with Gasteiger partial charge < -0.3 is 23.9 Å². The summed E-state index contributed by atoms with van der Waals surface area (Å²) < 4.78 is 21.0. The van der Waals surface area contributed by atoms with E-state index in [1.165, 1.54) is 13.1 Å². The van der Waals surface area contributed by atoms with Gasteiger partial charge in [-0.3, -0.25) is 0 Å². The number of benzene rings is 1. The van der Waals surface area contributed by atoms with Gasteiger partial charge in [-0.15, -0.1) is 0 Å². The summed E-state index contributed by atoms with van der Waals surface area (Å²) in [6.45, 7) is 6.79. The van der Waals surface area contributed by atoms with Crippen molar-refractivity contribution in [1.82, 2.24) is 9.97 Å². The lowest BCUT2D eigenvalue weighted by Crippen LogP contribution is -2.15. The molecule has 0 fully saturated rings. The average molecular weight is 467 g/mol. The third-order valence-corrected chi connectivity index (χ3v) is 4.59. The molecule has 0 aliphatic heterocycles. The minimum absolute atomic E-state index is 0.0167. The summed E-state index contributed by atoms with van der Waals surface area (Å²) in [6, 6.07) is 9.12. The Labute approximate surface area is 196 Å². The number of aryl methyl sites for hydroxylation is 1. The molecule has 0 saturated heterocycles. The highest BCUT2D eigenvalue weighted by molar-refractivity contribution is 6.08. The predicted octanol–water partition coefficient (Wildman–Crippen LogP) is 4.32. The number of nitrogens with zero attached hydrogens (tertiary/aromatic N) is 2. The number of esters is 3. The van der Waals surface area contributed by atoms with E-state index < -0.39 is 17.9 Å². The highest BCUT2D eigenvalue weighted by Gasteiger charge is 2.31. The van der Waals surface area contributed by atoms with Crippen molar-refractivity contribution >= 4 is 29.6 Å². The Hall–Kier alpha value is -4.21. The van der Waals surface area contributed by atoms with Crippen molar-refractivity contribution in [2.45, 2.75) is 27.7 Å². The highest BCUT2D eigenvalue weighted by atomic mass is 16.5. The Balaban J connectivity index is 2.14. The van der Waals surface area contributed by atoms with E-state index in [-0.39, 0.29) is 54.0 Å². The normalized spacial score (nSPS) is 10.5. The number of hydrogen-bond acceptors (Lipinski definition) is 10. The first-order valence-electron chi connectivity index (χ1n) is 10.7. The molecule has 0 bridgehead atoms. The van der Waals surface area contributed by atoms with Crippen molar-refractivity contribution < 1.29 is 33.0 Å². The molecule has 10 heteroatoms. The van der Waals surface area contributed by atoms with Crippen LogP contribution in [0.4, 0.5) is 11.7 Å². The Bertz CT molecular complexity index is 1190. The summed E-state index contributed by atoms with van der Waals surface area (Å²) in [5.74, 6) is -1.83. The van der Waals surface area contributed by atoms with Gasteiger partial charge in [-0.25, -0.2) is 24.4 Å². The first-order valence-corrected chi connectivity index (χ1v) is 10.7. The maximum Gasteiger partial charge on any atom is 0.344 e. The van der Waals surface area contributed by atoms with E-state index in [0.717, 1.165) is 0 Å². The zero-order chi connectivity index (χ0) is 24.7. The summed E-state index contributed by atoms with van der Waals surface area (Å²) in [6.07, 6.45) is 1.32. The monoisotopic (exact) mass is 467 g/mol. The Morgan fingerprint density at radius 1 is 0.882 bits per heavy atom. The van der Waals surface area contributed by atoms with Gasteiger partial charge in [-0.2, -0.15) is 0 Å². The fourth-order valence-electron chi connectivity index (χ4n) is 3.15. The lowest BCUT2D eigenvalue weighted by Gasteiger charge is -2.11. The molecule has 0 aliphatic carbocycles. The third kappa shape index (κ3) is 5.22. The van der Waals surface area contributed by atoms with Gasteiger partial charge in [0.15, 0.2) is 11.6 Å². The van der Waals surface area contributed by atoms with Crippen LogP contribution >= 0.6 is 0 Å². The molecular formula is C24H25N3O7. The average Bonchev–Trinajstić information content (AvgIpc) is 3.15. The van der Waals surface area contributed by atoms with Gasteiger partial charge in [-0.05, 0) is 27.7 Å². The summed E-state index contributed by atoms with van der Waals surface area (Å²) in [5, 5.41) is 2.86. The summed E-state index contributed by atoms with van der Waals surface area (Å²) in [7, 11) is 0. The van der Waals surface area contributed by atoms with E-state index in [4.69, 9.17) is 18.6 Å². The Morgan fingerprint density at radius 3 is 2.09 bits per heavy atom. The van der Waals surface area contributed by atoms with Crippen LogP contribution < -0.4 is 5.32 Å². The number of rotatable bonds is 9. The van der Waals surface area contributed by atoms with Crippen molar-refractivity contribution in [2.24, 2.45) is 0 Å². The Morgan fingerprint density at radius 2 is 1.47 bits per heavy atom. The number of ether oxygens (including phenoxy) is 3. The van der Waals surface area contributed by atoms with Crippen molar-refractivity contribution in [1.29, 1.82) is 0 Å². The van der Waals surface area contributed by atoms with Crippen LogP contribution in [-0.2, 0) is 14.2 Å². The van der Waals surface area contributed by atoms with Crippen LogP contribution in [0.1, 0.15) is 57.6 Å². The molecule has 0 aliphatic rings. The molecule has 0 radical (unpaired) electrons. The topological polar surface area (TPSA) is 130 Å². The van der Waals surface area contributed by atoms with Crippen molar-refractivity contribution in [3.8, 4) is 11.4 Å². The molecule has 2 heterocycles. The molecule has 2 aromatic heterocycles. The summed E-state index contributed by atoms with van der Waals surface area (Å²) in [4.78, 5) is 46.6. The third-order valence-electron chi connectivity index (χ3n) is 4.59. The van der Waals surface area contributed by atoms with E-state index >= 15 is 0 Å². The van der Waals surface area contributed by atoms with Crippen molar-refractivity contribution in [3.63, 3.8) is 0 Å². The van der Waals surface area contributed by atoms with Gasteiger partial charge in [-0.1, -0.05) is 30.3 Å². The molecule has 0 spiro atoms. The van der Waals surface area contributed by atoms with Crippen LogP contribution in [-0.4, -0.2) is 47.7 Å². The fraction of sp³-hybridized carbons (Fsp3) is 0.292. The molecule has 1 aromatic carbocycles. The fourth-order valence-corrected chi connectivity index (χ4v) is 3.15. The predicted molar refractivity (Wildman–Crippen MR) is 122 cm³/mol. The van der Waals surface area contributed by atoms with E-state index in [1.807, 2.05) is 30.3 Å². The van der Waals surface area contributed by atoms with Crippen LogP contribution in [0, 0.1) is 6.92 Å². The second kappa shape index (κ2) is 11.1. The maximum absolute atomic E-state index is 12.8. The molecule has 0 unspecified atom stereocenters. The van der Waals surface area contributed by atoms with Crippen molar-refractivity contribution in [3.05, 3.63) is 59.0 Å². The van der Waals surface area contributed by atoms with Gasteiger partial charge in [0.2, 0.25) is 5.88 Å². The lowest BCUT2D eigenvalue weighted by molar-refractivity contribution is 0.0480. The highest BCUT2D eigenvalue weighted by Crippen LogP contribution is 2.32. The van der Waals surface area contributed by atoms with Crippen LogP contribution in [0.15, 0.2) is 40.9 Å². The van der Waals surface area contributed by atoms with Crippen LogP contribution in [0.3, 0.4) is 0 Å². The summed E-state index contributed by atoms with van der Waals surface area (Å²) >= 11 is 0. The van der Waals surface area contributed by atoms with Crippen molar-refractivity contribution in [2.75, 3.05) is 25.1 Å².